The minimum Gasteiger partial charge on any atom is -0.480 e. The van der Waals surface area contributed by atoms with E-state index in [0.29, 0.717) is 6.54 Å². The summed E-state index contributed by atoms with van der Waals surface area (Å²) in [5.41, 5.74) is 0.495. The number of carbonyl (C=O) groups is 1. The molecule has 0 amide bonds. The number of carboxylic acids is 1. The van der Waals surface area contributed by atoms with E-state index < -0.39 is 11.5 Å². The van der Waals surface area contributed by atoms with Crippen LogP contribution in [0.3, 0.4) is 0 Å². The van der Waals surface area contributed by atoms with Crippen LogP contribution in [0.15, 0.2) is 30.3 Å². The van der Waals surface area contributed by atoms with Gasteiger partial charge in [-0.25, -0.2) is 0 Å². The van der Waals surface area contributed by atoms with Gasteiger partial charge in [0.15, 0.2) is 0 Å². The summed E-state index contributed by atoms with van der Waals surface area (Å²) in [6.07, 6.45) is 1.65. The molecule has 0 bridgehead atoms. The van der Waals surface area contributed by atoms with Crippen LogP contribution in [0.1, 0.15) is 18.4 Å². The van der Waals surface area contributed by atoms with Gasteiger partial charge in [-0.15, -0.1) is 0 Å². The second-order valence-electron chi connectivity index (χ2n) is 5.53. The fourth-order valence-corrected chi connectivity index (χ4v) is 2.83. The summed E-state index contributed by atoms with van der Waals surface area (Å²) in [6, 6.07) is 10.2. The highest BCUT2D eigenvalue weighted by molar-refractivity contribution is 5.79. The number of aliphatic carboxylic acids is 1. The van der Waals surface area contributed by atoms with Crippen molar-refractivity contribution >= 4 is 5.97 Å². The Morgan fingerprint density at radius 2 is 2.05 bits per heavy atom. The number of rotatable bonds is 4. The maximum atomic E-state index is 11.6. The molecule has 0 radical (unpaired) electrons. The molecule has 1 atom stereocenters. The molecule has 1 heterocycles. The van der Waals surface area contributed by atoms with Crippen molar-refractivity contribution in [3.8, 4) is 0 Å². The van der Waals surface area contributed by atoms with E-state index in [1.54, 1.807) is 0 Å². The first-order chi connectivity index (χ1) is 9.04. The molecule has 0 aromatic heterocycles. The lowest BCUT2D eigenvalue weighted by atomic mass is 9.87. The number of hydrogen-bond acceptors (Lipinski definition) is 3. The summed E-state index contributed by atoms with van der Waals surface area (Å²) in [5.74, 6) is -0.713. The first-order valence-corrected chi connectivity index (χ1v) is 6.72. The highest BCUT2D eigenvalue weighted by Gasteiger charge is 2.44. The highest BCUT2D eigenvalue weighted by Crippen LogP contribution is 2.27. The first-order valence-electron chi connectivity index (χ1n) is 6.72. The van der Waals surface area contributed by atoms with Crippen LogP contribution in [0.5, 0.6) is 0 Å². The van der Waals surface area contributed by atoms with Crippen LogP contribution in [0.4, 0.5) is 0 Å². The van der Waals surface area contributed by atoms with Crippen molar-refractivity contribution in [2.24, 2.45) is 0 Å². The fourth-order valence-electron chi connectivity index (χ4n) is 2.83. The van der Waals surface area contributed by atoms with Crippen LogP contribution in [0.25, 0.3) is 0 Å². The van der Waals surface area contributed by atoms with Gasteiger partial charge in [0.1, 0.15) is 5.54 Å². The molecule has 1 unspecified atom stereocenters. The molecule has 2 rings (SSSR count). The predicted octanol–water partition coefficient (Wildman–Crippen LogP) is 1.67. The normalized spacial score (nSPS) is 24.6. The highest BCUT2D eigenvalue weighted by atomic mass is 16.4. The predicted molar refractivity (Wildman–Crippen MR) is 75.0 cm³/mol. The van der Waals surface area contributed by atoms with Crippen molar-refractivity contribution in [3.05, 3.63) is 35.9 Å². The Bertz CT molecular complexity index is 433. The molecule has 1 N–H and O–H groups in total. The molecule has 1 saturated heterocycles. The van der Waals surface area contributed by atoms with Gasteiger partial charge in [0, 0.05) is 13.1 Å². The van der Waals surface area contributed by atoms with Crippen molar-refractivity contribution in [2.45, 2.75) is 24.9 Å². The van der Waals surface area contributed by atoms with E-state index in [2.05, 4.69) is 17.0 Å². The SMILES string of the molecule is CN(C)C1(C(=O)O)CCCN(Cc2ccccc2)C1. The second-order valence-corrected chi connectivity index (χ2v) is 5.53. The monoisotopic (exact) mass is 262 g/mol. The van der Waals surface area contributed by atoms with Crippen molar-refractivity contribution in [3.63, 3.8) is 0 Å². The van der Waals surface area contributed by atoms with E-state index >= 15 is 0 Å². The largest absolute Gasteiger partial charge is 0.480 e. The minimum atomic E-state index is -0.743. The molecule has 19 heavy (non-hydrogen) atoms. The third-order valence-corrected chi connectivity index (χ3v) is 4.05. The quantitative estimate of drug-likeness (QED) is 0.896. The molecule has 1 aromatic carbocycles. The zero-order chi connectivity index (χ0) is 13.9. The van der Waals surface area contributed by atoms with Gasteiger partial charge in [0.25, 0.3) is 0 Å². The number of benzene rings is 1. The Hall–Kier alpha value is -1.39. The third-order valence-electron chi connectivity index (χ3n) is 4.05. The molecular formula is C15H22N2O2. The molecule has 0 aliphatic carbocycles. The molecule has 1 aliphatic rings. The van der Waals surface area contributed by atoms with Gasteiger partial charge in [-0.05, 0) is 39.0 Å². The molecule has 0 spiro atoms. The smallest absolute Gasteiger partial charge is 0.325 e. The molecule has 104 valence electrons. The van der Waals surface area contributed by atoms with Crippen LogP contribution >= 0.6 is 0 Å². The van der Waals surface area contributed by atoms with Crippen LogP contribution in [0, 0.1) is 0 Å². The van der Waals surface area contributed by atoms with E-state index in [0.717, 1.165) is 25.9 Å². The topological polar surface area (TPSA) is 43.8 Å². The Kier molecular flexibility index (Phi) is 4.22. The number of hydrogen-bond donors (Lipinski definition) is 1. The van der Waals surface area contributed by atoms with Gasteiger partial charge in [-0.2, -0.15) is 0 Å². The lowest BCUT2D eigenvalue weighted by molar-refractivity contribution is -0.154. The van der Waals surface area contributed by atoms with Gasteiger partial charge >= 0.3 is 5.97 Å². The average Bonchev–Trinajstić information content (AvgIpc) is 2.39. The fraction of sp³-hybridized carbons (Fsp3) is 0.533. The molecule has 4 nitrogen and oxygen atoms in total. The summed E-state index contributed by atoms with van der Waals surface area (Å²) >= 11 is 0. The number of piperidine rings is 1. The van der Waals surface area contributed by atoms with E-state index in [4.69, 9.17) is 0 Å². The molecular weight excluding hydrogens is 240 g/mol. The van der Waals surface area contributed by atoms with Gasteiger partial charge in [-0.3, -0.25) is 14.6 Å². The molecule has 4 heteroatoms. The standard InChI is InChI=1S/C15H22N2O2/c1-16(2)15(14(18)19)9-6-10-17(12-15)11-13-7-4-3-5-8-13/h3-5,7-8H,6,9-12H2,1-2H3,(H,18,19). The van der Waals surface area contributed by atoms with E-state index in [1.165, 1.54) is 5.56 Å². The third kappa shape index (κ3) is 2.96. The molecule has 1 aliphatic heterocycles. The van der Waals surface area contributed by atoms with Crippen molar-refractivity contribution in [2.75, 3.05) is 27.2 Å². The number of carboxylic acid groups (broad SMARTS) is 1. The van der Waals surface area contributed by atoms with Gasteiger partial charge in [0.2, 0.25) is 0 Å². The molecule has 1 fully saturated rings. The summed E-state index contributed by atoms with van der Waals surface area (Å²) in [6.45, 7) is 2.38. The maximum absolute atomic E-state index is 11.6. The van der Waals surface area contributed by atoms with Gasteiger partial charge in [0.05, 0.1) is 0 Å². The zero-order valence-electron chi connectivity index (χ0n) is 11.7. The second kappa shape index (κ2) is 5.72. The van der Waals surface area contributed by atoms with Gasteiger partial charge < -0.3 is 5.11 Å². The Morgan fingerprint density at radius 3 is 2.63 bits per heavy atom. The first kappa shape index (κ1) is 14.0. The lowest BCUT2D eigenvalue weighted by Crippen LogP contribution is -2.60. The van der Waals surface area contributed by atoms with Crippen LogP contribution in [0.2, 0.25) is 0 Å². The summed E-state index contributed by atoms with van der Waals surface area (Å²) in [5, 5.41) is 9.57. The van der Waals surface area contributed by atoms with Gasteiger partial charge in [-0.1, -0.05) is 30.3 Å². The van der Waals surface area contributed by atoms with E-state index in [9.17, 15) is 9.90 Å². The average molecular weight is 262 g/mol. The Morgan fingerprint density at radius 1 is 1.37 bits per heavy atom. The van der Waals surface area contributed by atoms with E-state index in [-0.39, 0.29) is 0 Å². The molecule has 0 saturated carbocycles. The van der Waals surface area contributed by atoms with Crippen molar-refractivity contribution in [1.29, 1.82) is 0 Å². The summed E-state index contributed by atoms with van der Waals surface area (Å²) < 4.78 is 0. The van der Waals surface area contributed by atoms with E-state index in [1.807, 2.05) is 37.2 Å². The summed E-state index contributed by atoms with van der Waals surface area (Å²) in [4.78, 5) is 15.7. The van der Waals surface area contributed by atoms with Crippen LogP contribution < -0.4 is 0 Å². The zero-order valence-corrected chi connectivity index (χ0v) is 11.7. The maximum Gasteiger partial charge on any atom is 0.325 e. The molecule has 1 aromatic rings. The number of likely N-dealkylation sites (tertiary alicyclic amines) is 1. The minimum absolute atomic E-state index is 0.588. The van der Waals surface area contributed by atoms with Crippen molar-refractivity contribution in [1.82, 2.24) is 9.80 Å². The lowest BCUT2D eigenvalue weighted by Gasteiger charge is -2.43. The Labute approximate surface area is 114 Å². The van der Waals surface area contributed by atoms with Crippen molar-refractivity contribution < 1.29 is 9.90 Å². The number of nitrogens with zero attached hydrogens (tertiary/aromatic N) is 2. The van der Waals surface area contributed by atoms with Crippen LogP contribution in [-0.4, -0.2) is 53.6 Å². The number of likely N-dealkylation sites (N-methyl/N-ethyl adjacent to an activating group) is 1. The Balaban J connectivity index is 2.10. The summed E-state index contributed by atoms with van der Waals surface area (Å²) in [7, 11) is 3.72. The van der Waals surface area contributed by atoms with Crippen LogP contribution in [-0.2, 0) is 11.3 Å².